The Balaban J connectivity index is 2.19. The van der Waals surface area contributed by atoms with Crippen LogP contribution in [0, 0.1) is 0 Å². The summed E-state index contributed by atoms with van der Waals surface area (Å²) < 4.78 is 1.10. The van der Waals surface area contributed by atoms with Crippen molar-refractivity contribution in [2.45, 2.75) is 0 Å². The van der Waals surface area contributed by atoms with Gasteiger partial charge in [-0.05, 0) is 0 Å². The Bertz CT molecular complexity index is 125. The zero-order chi connectivity index (χ0) is 7.40. The molecule has 0 bridgehead atoms. The van der Waals surface area contributed by atoms with Gasteiger partial charge in [0.15, 0.2) is 0 Å². The summed E-state index contributed by atoms with van der Waals surface area (Å²) in [7, 11) is 0. The number of thioether (sulfide) groups is 1. The SMILES string of the molecule is [Se]=C([SeH])NN1CCSCC1. The number of nitrogens with one attached hydrogen (secondary N) is 1. The first kappa shape index (κ1) is 9.11. The second-order valence-corrected chi connectivity index (χ2v) is 6.51. The van der Waals surface area contributed by atoms with Crippen LogP contribution in [0.25, 0.3) is 0 Å². The summed E-state index contributed by atoms with van der Waals surface area (Å²) in [5, 5.41) is 2.24. The van der Waals surface area contributed by atoms with Gasteiger partial charge >= 0.3 is 81.8 Å². The fourth-order valence-electron chi connectivity index (χ4n) is 0.810. The first-order valence-corrected chi connectivity index (χ1v) is 6.06. The van der Waals surface area contributed by atoms with Crippen molar-refractivity contribution in [3.8, 4) is 0 Å². The van der Waals surface area contributed by atoms with E-state index in [0.29, 0.717) is 0 Å². The van der Waals surface area contributed by atoms with Crippen LogP contribution in [0.2, 0.25) is 0 Å². The van der Waals surface area contributed by atoms with Gasteiger partial charge in [-0.3, -0.25) is 0 Å². The molecule has 1 aliphatic heterocycles. The Hall–Kier alpha value is 1.02. The van der Waals surface area contributed by atoms with E-state index < -0.39 is 0 Å². The van der Waals surface area contributed by atoms with Crippen LogP contribution in [0.5, 0.6) is 0 Å². The molecule has 0 radical (unpaired) electrons. The Labute approximate surface area is 81.6 Å². The van der Waals surface area contributed by atoms with Crippen molar-refractivity contribution < 1.29 is 0 Å². The van der Waals surface area contributed by atoms with E-state index in [-0.39, 0.29) is 0 Å². The summed E-state index contributed by atoms with van der Waals surface area (Å²) in [6.45, 7) is 2.29. The average Bonchev–Trinajstić information content (AvgIpc) is 1.88. The standard InChI is InChI=1S/C5H10N2SSe2/c9-5(10)6-7-1-3-8-4-2-7/h1-4H2,(H2,6,9,10). The molecule has 0 amide bonds. The molecular formula is C5H10N2SSe2. The number of hydrogen-bond donors (Lipinski definition) is 1. The minimum atomic E-state index is 1.10. The molecule has 1 saturated heterocycles. The zero-order valence-corrected chi connectivity index (χ0v) is 9.95. The topological polar surface area (TPSA) is 15.3 Å². The molecule has 1 N–H and O–H groups in total. The molecule has 0 aromatic heterocycles. The van der Waals surface area contributed by atoms with Gasteiger partial charge in [-0.15, -0.1) is 0 Å². The van der Waals surface area contributed by atoms with Crippen molar-refractivity contribution in [3.63, 3.8) is 0 Å². The van der Waals surface area contributed by atoms with Gasteiger partial charge in [-0.2, -0.15) is 0 Å². The number of rotatable bonds is 2. The van der Waals surface area contributed by atoms with Gasteiger partial charge in [0, 0.05) is 0 Å². The minimum absolute atomic E-state index is 1.10. The summed E-state index contributed by atoms with van der Waals surface area (Å²) in [5.41, 5.74) is 3.24. The van der Waals surface area contributed by atoms with Gasteiger partial charge in [0.1, 0.15) is 0 Å². The fraction of sp³-hybridized carbons (Fsp3) is 0.800. The Morgan fingerprint density at radius 1 is 1.50 bits per heavy atom. The molecule has 0 atom stereocenters. The van der Waals surface area contributed by atoms with Gasteiger partial charge in [0.05, 0.1) is 0 Å². The molecule has 0 aromatic carbocycles. The van der Waals surface area contributed by atoms with Crippen molar-refractivity contribution in [2.24, 2.45) is 0 Å². The molecule has 2 nitrogen and oxygen atoms in total. The third-order valence-corrected chi connectivity index (χ3v) is 2.61. The van der Waals surface area contributed by atoms with Crippen LogP contribution < -0.4 is 5.43 Å². The molecule has 0 saturated carbocycles. The molecule has 1 heterocycles. The van der Waals surface area contributed by atoms with Crippen LogP contribution in [0.1, 0.15) is 0 Å². The monoisotopic (exact) mass is 290 g/mol. The predicted molar refractivity (Wildman–Crippen MR) is 49.9 cm³/mol. The van der Waals surface area contributed by atoms with Crippen molar-refractivity contribution in [2.75, 3.05) is 24.6 Å². The molecule has 10 heavy (non-hydrogen) atoms. The third-order valence-electron chi connectivity index (χ3n) is 1.26. The molecular weight excluding hydrogens is 278 g/mol. The maximum absolute atomic E-state index is 3.24. The van der Waals surface area contributed by atoms with Crippen LogP contribution in [0.15, 0.2) is 0 Å². The van der Waals surface area contributed by atoms with Gasteiger partial charge in [0.2, 0.25) is 0 Å². The van der Waals surface area contributed by atoms with Crippen LogP contribution >= 0.6 is 11.8 Å². The summed E-state index contributed by atoms with van der Waals surface area (Å²) in [5.74, 6) is 2.49. The van der Waals surface area contributed by atoms with Crippen LogP contribution in [-0.4, -0.2) is 64.6 Å². The number of nitrogens with zero attached hydrogens (tertiary/aromatic N) is 1. The quantitative estimate of drug-likeness (QED) is 0.636. The molecule has 1 aliphatic rings. The first-order chi connectivity index (χ1) is 4.79. The molecule has 0 aromatic rings. The second-order valence-electron chi connectivity index (χ2n) is 2.02. The van der Waals surface area contributed by atoms with Gasteiger partial charge in [-0.1, -0.05) is 0 Å². The first-order valence-electron chi connectivity index (χ1n) is 3.11. The second kappa shape index (κ2) is 4.81. The predicted octanol–water partition coefficient (Wildman–Crippen LogP) is -1.30. The van der Waals surface area contributed by atoms with E-state index >= 15 is 0 Å². The average molecular weight is 288 g/mol. The van der Waals surface area contributed by atoms with Gasteiger partial charge in [0.25, 0.3) is 0 Å². The normalized spacial score (nSPS) is 20.5. The van der Waals surface area contributed by atoms with E-state index in [1.54, 1.807) is 0 Å². The van der Waals surface area contributed by atoms with E-state index in [0.717, 1.165) is 16.5 Å². The molecule has 0 spiro atoms. The van der Waals surface area contributed by atoms with Crippen molar-refractivity contribution in [1.29, 1.82) is 0 Å². The van der Waals surface area contributed by atoms with E-state index in [4.69, 9.17) is 0 Å². The Kier molecular flexibility index (Phi) is 4.38. The molecule has 58 valence electrons. The van der Waals surface area contributed by atoms with E-state index in [9.17, 15) is 0 Å². The van der Waals surface area contributed by atoms with Crippen LogP contribution in [0.4, 0.5) is 0 Å². The van der Waals surface area contributed by atoms with Crippen molar-refractivity contribution in [1.82, 2.24) is 10.4 Å². The van der Waals surface area contributed by atoms with Gasteiger partial charge in [-0.25, -0.2) is 0 Å². The van der Waals surface area contributed by atoms with Crippen molar-refractivity contribution in [3.05, 3.63) is 0 Å². The molecule has 0 aliphatic carbocycles. The molecule has 1 fully saturated rings. The maximum atomic E-state index is 3.24. The Morgan fingerprint density at radius 2 is 2.10 bits per heavy atom. The summed E-state index contributed by atoms with van der Waals surface area (Å²) in [6.07, 6.45) is 0. The fourth-order valence-corrected chi connectivity index (χ4v) is 2.28. The van der Waals surface area contributed by atoms with Crippen LogP contribution in [0.3, 0.4) is 0 Å². The van der Waals surface area contributed by atoms with Crippen LogP contribution in [-0.2, 0) is 0 Å². The third kappa shape index (κ3) is 3.42. The van der Waals surface area contributed by atoms with Gasteiger partial charge < -0.3 is 0 Å². The zero-order valence-electron chi connectivity index (χ0n) is 5.54. The van der Waals surface area contributed by atoms with E-state index in [2.05, 4.69) is 42.0 Å². The molecule has 1 rings (SSSR count). The number of hydrazine groups is 1. The van der Waals surface area contributed by atoms with E-state index in [1.807, 2.05) is 11.8 Å². The van der Waals surface area contributed by atoms with E-state index in [1.165, 1.54) is 11.5 Å². The molecule has 5 heteroatoms. The summed E-state index contributed by atoms with van der Waals surface area (Å²) in [4.78, 5) is 0. The summed E-state index contributed by atoms with van der Waals surface area (Å²) >= 11 is 7.40. The Morgan fingerprint density at radius 3 is 2.60 bits per heavy atom. The number of hydrogen-bond acceptors (Lipinski definition) is 3. The van der Waals surface area contributed by atoms with Crippen molar-refractivity contribution >= 4 is 46.8 Å². The summed E-state index contributed by atoms with van der Waals surface area (Å²) in [6, 6.07) is 0. The molecule has 0 unspecified atom stereocenters.